The molecule has 6 aromatic rings. The van der Waals surface area contributed by atoms with Crippen molar-refractivity contribution >= 4 is 64.3 Å². The molecule has 326 valence electrons. The highest BCUT2D eigenvalue weighted by Crippen LogP contribution is 2.49. The number of anilines is 1. The Morgan fingerprint density at radius 1 is 0.828 bits per heavy atom. The molecule has 10 nitrogen and oxygen atoms in total. The van der Waals surface area contributed by atoms with Crippen LogP contribution in [0.3, 0.4) is 0 Å². The number of nitro benzene ring substituents is 1. The quantitative estimate of drug-likeness (QED) is 0.0246. The number of phenols is 1. The Morgan fingerprint density at radius 3 is 2.05 bits per heavy atom. The van der Waals surface area contributed by atoms with Crippen LogP contribution in [0.1, 0.15) is 51.2 Å². The van der Waals surface area contributed by atoms with Crippen LogP contribution in [0.4, 0.5) is 11.4 Å². The first-order valence-electron chi connectivity index (χ1n) is 21.7. The maximum atomic E-state index is 14.5. The third kappa shape index (κ3) is 8.23. The monoisotopic (exact) mass is 872 g/mol. The minimum absolute atomic E-state index is 0.0263. The van der Waals surface area contributed by atoms with Gasteiger partial charge in [-0.2, -0.15) is 0 Å². The fraction of sp³-hybridized carbons (Fsp3) is 0.245. The van der Waals surface area contributed by atoms with Crippen molar-refractivity contribution in [3.63, 3.8) is 0 Å². The Hall–Kier alpha value is -6.50. The molecular weight excluding hydrogens is 821 g/mol. The summed E-state index contributed by atoms with van der Waals surface area (Å²) in [5.74, 6) is -3.78. The van der Waals surface area contributed by atoms with E-state index in [0.717, 1.165) is 42.7 Å². The van der Waals surface area contributed by atoms with E-state index in [1.165, 1.54) is 24.3 Å². The second-order valence-electron chi connectivity index (χ2n) is 17.7. The number of amides is 2. The number of carbonyl (C=O) groups is 2. The van der Waals surface area contributed by atoms with Gasteiger partial charge in [-0.15, -0.1) is 0 Å². The number of imide groups is 1. The van der Waals surface area contributed by atoms with Crippen molar-refractivity contribution in [2.75, 3.05) is 18.1 Å². The van der Waals surface area contributed by atoms with Gasteiger partial charge >= 0.3 is 0 Å². The molecule has 0 unspecified atom stereocenters. The van der Waals surface area contributed by atoms with Gasteiger partial charge in [-0.25, -0.2) is 4.90 Å². The molecule has 0 radical (unpaired) electrons. The summed E-state index contributed by atoms with van der Waals surface area (Å²) in [5.41, 5.74) is 3.72. The second kappa shape index (κ2) is 18.3. The summed E-state index contributed by atoms with van der Waals surface area (Å²) >= 11 is 0. The lowest BCUT2D eigenvalue weighted by atomic mass is 9.68. The first-order chi connectivity index (χ1) is 30.8. The normalized spacial score (nSPS) is 18.7. The summed E-state index contributed by atoms with van der Waals surface area (Å²) in [6, 6.07) is 46.8. The number of nitro groups is 1. The molecule has 64 heavy (non-hydrogen) atoms. The number of nitrogens with zero attached hydrogens (tertiary/aromatic N) is 2. The molecule has 4 atom stereocenters. The minimum Gasteiger partial charge on any atom is -0.507 e. The topological polar surface area (TPSA) is 150 Å². The highest BCUT2D eigenvalue weighted by Gasteiger charge is 2.56. The molecule has 1 fully saturated rings. The van der Waals surface area contributed by atoms with Gasteiger partial charge in [0.1, 0.15) is 5.75 Å². The van der Waals surface area contributed by atoms with E-state index in [-0.39, 0.29) is 36.6 Å². The Balaban J connectivity index is 1.22. The van der Waals surface area contributed by atoms with E-state index in [9.17, 15) is 35.0 Å². The van der Waals surface area contributed by atoms with Gasteiger partial charge in [0, 0.05) is 23.4 Å². The minimum atomic E-state index is -3.16. The Labute approximate surface area is 374 Å². The van der Waals surface area contributed by atoms with Crippen LogP contribution in [0.15, 0.2) is 163 Å². The van der Waals surface area contributed by atoms with Crippen molar-refractivity contribution in [3.8, 4) is 5.75 Å². The molecule has 11 heteroatoms. The van der Waals surface area contributed by atoms with Crippen molar-refractivity contribution < 1.29 is 34.3 Å². The Bertz CT molecular complexity index is 2710. The number of aliphatic hydroxyl groups excluding tert-OH is 2. The van der Waals surface area contributed by atoms with Crippen LogP contribution in [0.25, 0.3) is 22.4 Å². The molecule has 8 rings (SSSR count). The van der Waals surface area contributed by atoms with E-state index in [4.69, 9.17) is 4.43 Å². The van der Waals surface area contributed by atoms with Crippen molar-refractivity contribution in [1.29, 1.82) is 0 Å². The summed E-state index contributed by atoms with van der Waals surface area (Å²) in [7, 11) is -3.16. The predicted octanol–water partition coefficient (Wildman–Crippen LogP) is 8.83. The number of rotatable bonds is 14. The molecule has 0 spiro atoms. The number of carbonyl (C=O) groups excluding carboxylic acids is 2. The molecule has 6 aromatic carbocycles. The SMILES string of the molecule is CC(C)(C)[Si](OCC1=C([C@H](O)CC/C(=C/c2ccc(O)c3ccccc23)c2ccccc2)[C@H](CO)[C@@H]2C(=O)N(c3cccc([N+](=O)[O-])c3)C(=O)[C@@H]2C1)(c1ccccc1)c1ccccc1. The van der Waals surface area contributed by atoms with E-state index in [0.29, 0.717) is 17.6 Å². The number of hydrogen-bond donors (Lipinski definition) is 3. The lowest BCUT2D eigenvalue weighted by Crippen LogP contribution is -2.66. The third-order valence-electron chi connectivity index (χ3n) is 13.0. The smallest absolute Gasteiger partial charge is 0.271 e. The van der Waals surface area contributed by atoms with Crippen LogP contribution in [0, 0.1) is 27.9 Å². The first kappa shape index (κ1) is 44.1. The van der Waals surface area contributed by atoms with Gasteiger partial charge in [0.25, 0.3) is 14.0 Å². The van der Waals surface area contributed by atoms with Gasteiger partial charge in [0.05, 0.1) is 41.8 Å². The zero-order valence-corrected chi connectivity index (χ0v) is 37.1. The summed E-state index contributed by atoms with van der Waals surface area (Å²) in [4.78, 5) is 41.2. The van der Waals surface area contributed by atoms with Crippen LogP contribution in [-0.4, -0.2) is 59.7 Å². The van der Waals surface area contributed by atoms with Gasteiger partial charge < -0.3 is 19.7 Å². The second-order valence-corrected chi connectivity index (χ2v) is 22.0. The average Bonchev–Trinajstić information content (AvgIpc) is 3.56. The molecule has 0 saturated carbocycles. The molecular formula is C53H52N2O8Si. The maximum absolute atomic E-state index is 14.5. The number of fused-ring (bicyclic) bond motifs is 2. The van der Waals surface area contributed by atoms with Crippen LogP contribution in [-0.2, 0) is 14.0 Å². The summed E-state index contributed by atoms with van der Waals surface area (Å²) in [5, 5.41) is 49.7. The van der Waals surface area contributed by atoms with Crippen LogP contribution in [0.5, 0.6) is 5.75 Å². The van der Waals surface area contributed by atoms with Gasteiger partial charge in [-0.05, 0) is 80.0 Å². The largest absolute Gasteiger partial charge is 0.507 e. The van der Waals surface area contributed by atoms with Gasteiger partial charge in [-0.1, -0.05) is 154 Å². The zero-order valence-electron chi connectivity index (χ0n) is 36.1. The summed E-state index contributed by atoms with van der Waals surface area (Å²) < 4.78 is 7.44. The molecule has 0 aromatic heterocycles. The maximum Gasteiger partial charge on any atom is 0.271 e. The van der Waals surface area contributed by atoms with E-state index >= 15 is 0 Å². The Kier molecular flexibility index (Phi) is 12.6. The van der Waals surface area contributed by atoms with Gasteiger partial charge in [0.2, 0.25) is 11.8 Å². The number of allylic oxidation sites excluding steroid dienone is 1. The van der Waals surface area contributed by atoms with Crippen molar-refractivity contribution in [2.45, 2.75) is 51.2 Å². The van der Waals surface area contributed by atoms with Crippen LogP contribution in [0.2, 0.25) is 5.04 Å². The number of benzene rings is 6. The molecule has 0 bridgehead atoms. The summed E-state index contributed by atoms with van der Waals surface area (Å²) in [6.07, 6.45) is 1.60. The molecule has 1 aliphatic carbocycles. The van der Waals surface area contributed by atoms with Crippen LogP contribution < -0.4 is 15.3 Å². The molecule has 2 amide bonds. The fourth-order valence-corrected chi connectivity index (χ4v) is 14.6. The molecule has 2 aliphatic rings. The number of aromatic hydroxyl groups is 1. The molecule has 3 N–H and O–H groups in total. The number of hydrogen-bond acceptors (Lipinski definition) is 8. The van der Waals surface area contributed by atoms with Gasteiger partial charge in [-0.3, -0.25) is 19.7 Å². The number of aliphatic hydroxyl groups is 2. The van der Waals surface area contributed by atoms with E-state index in [1.807, 2.05) is 97.1 Å². The predicted molar refractivity (Wildman–Crippen MR) is 254 cm³/mol. The Morgan fingerprint density at radius 2 is 1.44 bits per heavy atom. The van der Waals surface area contributed by atoms with E-state index in [2.05, 4.69) is 51.1 Å². The lowest BCUT2D eigenvalue weighted by molar-refractivity contribution is -0.384. The highest BCUT2D eigenvalue weighted by atomic mass is 28.4. The first-order valence-corrected chi connectivity index (χ1v) is 23.6. The van der Waals surface area contributed by atoms with Crippen LogP contribution >= 0.6 is 0 Å². The van der Waals surface area contributed by atoms with Gasteiger partial charge in [0.15, 0.2) is 0 Å². The van der Waals surface area contributed by atoms with E-state index in [1.54, 1.807) is 6.07 Å². The van der Waals surface area contributed by atoms with Crippen molar-refractivity contribution in [3.05, 3.63) is 184 Å². The van der Waals surface area contributed by atoms with E-state index < -0.39 is 60.6 Å². The number of phenolic OH excluding ortho intramolecular Hbond substituents is 1. The molecule has 1 heterocycles. The van der Waals surface area contributed by atoms with Crippen molar-refractivity contribution in [2.24, 2.45) is 17.8 Å². The highest BCUT2D eigenvalue weighted by molar-refractivity contribution is 6.99. The lowest BCUT2D eigenvalue weighted by Gasteiger charge is -2.44. The fourth-order valence-electron chi connectivity index (χ4n) is 10.1. The van der Waals surface area contributed by atoms with Crippen molar-refractivity contribution in [1.82, 2.24) is 0 Å². The third-order valence-corrected chi connectivity index (χ3v) is 18.0. The molecule has 1 aliphatic heterocycles. The standard InChI is InChI=1S/C53H52N2O8Si/c1-53(2,3)64(41-20-9-5-10-21-41,42-22-11-6-12-23-42)63-34-38-31-45-50(52(60)54(51(45)59)39-18-15-19-40(32-39)55(61)62)46(33-56)49(38)48(58)29-26-36(35-16-7-4-8-17-35)30-37-27-28-47(57)44-25-14-13-24-43(37)44/h4-25,27-28,30,32,45-46,48,50,56-58H,26,29,31,33-34H2,1-3H3/b36-30-/t45-,46+,48-,50-/m1/s1. The molecule has 1 saturated heterocycles. The number of non-ortho nitro benzene ring substituents is 1. The summed E-state index contributed by atoms with van der Waals surface area (Å²) in [6.45, 7) is 6.00. The zero-order chi connectivity index (χ0) is 45.2. The average molecular weight is 873 g/mol.